The normalized spacial score (nSPS) is 11.9. The van der Waals surface area contributed by atoms with Crippen LogP contribution in [0.3, 0.4) is 0 Å². The summed E-state index contributed by atoms with van der Waals surface area (Å²) in [5.74, 6) is -3.55. The number of nitrogens with one attached hydrogen (secondary N) is 2. The van der Waals surface area contributed by atoms with E-state index in [4.69, 9.17) is 11.6 Å². The van der Waals surface area contributed by atoms with Crippen molar-refractivity contribution in [2.24, 2.45) is 0 Å². The number of benzene rings is 3. The van der Waals surface area contributed by atoms with E-state index < -0.39 is 47.3 Å². The van der Waals surface area contributed by atoms with Crippen LogP contribution in [0.25, 0.3) is 0 Å². The first kappa shape index (κ1) is 21.9. The van der Waals surface area contributed by atoms with Crippen LogP contribution in [0.1, 0.15) is 0 Å². The molecule has 6 nitrogen and oxygen atoms in total. The zero-order valence-electron chi connectivity index (χ0n) is 14.7. The first-order valence-corrected chi connectivity index (χ1v) is 11.4. The molecule has 0 aliphatic heterocycles. The van der Waals surface area contributed by atoms with Crippen LogP contribution in [-0.4, -0.2) is 16.8 Å². The second kappa shape index (κ2) is 8.17. The average molecular weight is 477 g/mol. The lowest BCUT2D eigenvalue weighted by Crippen LogP contribution is -2.15. The van der Waals surface area contributed by atoms with Crippen LogP contribution in [-0.2, 0) is 20.0 Å². The standard InChI is InChI=1S/C18H12ClF3N2O4S2/c19-11-1-8-18(17(22)9-11)30(27,28)24-13-4-2-12(3-5-13)23-29(25,26)14-6-7-15(20)16(21)10-14/h1-10,23-24H. The van der Waals surface area contributed by atoms with Crippen LogP contribution in [0.2, 0.25) is 5.02 Å². The molecule has 0 atom stereocenters. The molecular formula is C18H12ClF3N2O4S2. The van der Waals surface area contributed by atoms with Crippen LogP contribution in [0, 0.1) is 17.5 Å². The molecule has 0 fully saturated rings. The number of rotatable bonds is 6. The van der Waals surface area contributed by atoms with Gasteiger partial charge in [0.1, 0.15) is 10.7 Å². The summed E-state index contributed by atoms with van der Waals surface area (Å²) >= 11 is 5.61. The first-order chi connectivity index (χ1) is 14.0. The molecule has 3 rings (SSSR count). The summed E-state index contributed by atoms with van der Waals surface area (Å²) in [5, 5.41) is 0.0316. The molecule has 3 aromatic rings. The highest BCUT2D eigenvalue weighted by Crippen LogP contribution is 2.24. The molecule has 0 unspecified atom stereocenters. The molecule has 158 valence electrons. The minimum Gasteiger partial charge on any atom is -0.280 e. The van der Waals surface area contributed by atoms with Gasteiger partial charge in [-0.2, -0.15) is 0 Å². The molecule has 0 saturated heterocycles. The number of halogens is 4. The van der Waals surface area contributed by atoms with Gasteiger partial charge >= 0.3 is 0 Å². The van der Waals surface area contributed by atoms with Crippen molar-refractivity contribution in [3.63, 3.8) is 0 Å². The van der Waals surface area contributed by atoms with Gasteiger partial charge in [0.25, 0.3) is 20.0 Å². The summed E-state index contributed by atoms with van der Waals surface area (Å²) in [7, 11) is -8.47. The molecule has 0 aromatic heterocycles. The van der Waals surface area contributed by atoms with Crippen molar-refractivity contribution in [2.45, 2.75) is 9.79 Å². The van der Waals surface area contributed by atoms with Crippen LogP contribution >= 0.6 is 11.6 Å². The van der Waals surface area contributed by atoms with Gasteiger partial charge in [0.05, 0.1) is 4.90 Å². The Kier molecular flexibility index (Phi) is 5.97. The monoisotopic (exact) mass is 476 g/mol. The van der Waals surface area contributed by atoms with E-state index in [2.05, 4.69) is 9.44 Å². The lowest BCUT2D eigenvalue weighted by Gasteiger charge is -2.11. The average Bonchev–Trinajstić information content (AvgIpc) is 2.64. The quantitative estimate of drug-likeness (QED) is 0.553. The molecule has 12 heteroatoms. The number of sulfonamides is 2. The fourth-order valence-electron chi connectivity index (χ4n) is 2.37. The fourth-order valence-corrected chi connectivity index (χ4v) is 4.72. The summed E-state index contributed by atoms with van der Waals surface area (Å²) in [6.07, 6.45) is 0. The highest BCUT2D eigenvalue weighted by atomic mass is 35.5. The van der Waals surface area contributed by atoms with Gasteiger partial charge in [-0.15, -0.1) is 0 Å². The topological polar surface area (TPSA) is 92.3 Å². The van der Waals surface area contributed by atoms with Gasteiger partial charge in [-0.05, 0) is 60.7 Å². The first-order valence-electron chi connectivity index (χ1n) is 8.04. The molecule has 0 amide bonds. The van der Waals surface area contributed by atoms with E-state index >= 15 is 0 Å². The van der Waals surface area contributed by atoms with Crippen molar-refractivity contribution in [3.8, 4) is 0 Å². The smallest absolute Gasteiger partial charge is 0.264 e. The minimum atomic E-state index is -4.26. The van der Waals surface area contributed by atoms with Gasteiger partial charge in [0, 0.05) is 16.4 Å². The van der Waals surface area contributed by atoms with E-state index in [-0.39, 0.29) is 16.4 Å². The van der Waals surface area contributed by atoms with Crippen molar-refractivity contribution in [3.05, 3.63) is 83.1 Å². The lowest BCUT2D eigenvalue weighted by molar-refractivity contribution is 0.504. The van der Waals surface area contributed by atoms with Crippen LogP contribution in [0.15, 0.2) is 70.5 Å². The maximum absolute atomic E-state index is 13.9. The van der Waals surface area contributed by atoms with Gasteiger partial charge in [0.15, 0.2) is 11.6 Å². The third-order valence-corrected chi connectivity index (χ3v) is 6.80. The second-order valence-electron chi connectivity index (χ2n) is 5.94. The maximum atomic E-state index is 13.9. The number of anilines is 2. The van der Waals surface area contributed by atoms with E-state index in [1.165, 1.54) is 30.3 Å². The van der Waals surface area contributed by atoms with E-state index in [9.17, 15) is 30.0 Å². The Morgan fingerprint density at radius 3 is 1.73 bits per heavy atom. The van der Waals surface area contributed by atoms with E-state index in [1.54, 1.807) is 0 Å². The van der Waals surface area contributed by atoms with Gasteiger partial charge in [-0.25, -0.2) is 30.0 Å². The summed E-state index contributed by atoms with van der Waals surface area (Å²) in [6, 6.07) is 10.1. The van der Waals surface area contributed by atoms with Crippen molar-refractivity contribution >= 4 is 43.0 Å². The molecule has 0 radical (unpaired) electrons. The maximum Gasteiger partial charge on any atom is 0.264 e. The second-order valence-corrected chi connectivity index (χ2v) is 9.71. The Balaban J connectivity index is 1.78. The summed E-state index contributed by atoms with van der Waals surface area (Å²) in [6.45, 7) is 0. The summed E-state index contributed by atoms with van der Waals surface area (Å²) in [5.41, 5.74) is 0.0560. The number of hydrogen-bond donors (Lipinski definition) is 2. The third kappa shape index (κ3) is 4.86. The fraction of sp³-hybridized carbons (Fsp3) is 0. The highest BCUT2D eigenvalue weighted by Gasteiger charge is 2.20. The zero-order valence-corrected chi connectivity index (χ0v) is 17.1. The van der Waals surface area contributed by atoms with Crippen LogP contribution < -0.4 is 9.44 Å². The summed E-state index contributed by atoms with van der Waals surface area (Å²) < 4.78 is 93.6. The molecule has 0 bridgehead atoms. The number of hydrogen-bond acceptors (Lipinski definition) is 4. The van der Waals surface area contributed by atoms with Gasteiger partial charge in [-0.3, -0.25) is 9.44 Å². The largest absolute Gasteiger partial charge is 0.280 e. The Morgan fingerprint density at radius 1 is 0.633 bits per heavy atom. The Morgan fingerprint density at radius 2 is 1.20 bits per heavy atom. The third-order valence-electron chi connectivity index (χ3n) is 3.77. The van der Waals surface area contributed by atoms with Gasteiger partial charge in [-0.1, -0.05) is 11.6 Å². The van der Waals surface area contributed by atoms with E-state index in [0.717, 1.165) is 18.2 Å². The zero-order chi connectivity index (χ0) is 22.1. The molecule has 0 heterocycles. The van der Waals surface area contributed by atoms with Gasteiger partial charge < -0.3 is 0 Å². The van der Waals surface area contributed by atoms with Crippen molar-refractivity contribution < 1.29 is 30.0 Å². The molecule has 3 aromatic carbocycles. The summed E-state index contributed by atoms with van der Waals surface area (Å²) in [4.78, 5) is -1.11. The molecule has 0 spiro atoms. The van der Waals surface area contributed by atoms with Crippen LogP contribution in [0.5, 0.6) is 0 Å². The molecule has 0 aliphatic rings. The lowest BCUT2D eigenvalue weighted by atomic mass is 10.3. The highest BCUT2D eigenvalue weighted by molar-refractivity contribution is 7.93. The van der Waals surface area contributed by atoms with Gasteiger partial charge in [0.2, 0.25) is 0 Å². The predicted octanol–water partition coefficient (Wildman–Crippen LogP) is 4.36. The minimum absolute atomic E-state index is 0.0279. The SMILES string of the molecule is O=S(=O)(Nc1ccc(NS(=O)(=O)c2ccc(Cl)cc2F)cc1)c1ccc(F)c(F)c1. The Bertz CT molecular complexity index is 1320. The van der Waals surface area contributed by atoms with E-state index in [1.807, 2.05) is 0 Å². The molecule has 2 N–H and O–H groups in total. The van der Waals surface area contributed by atoms with E-state index in [0.29, 0.717) is 12.1 Å². The van der Waals surface area contributed by atoms with Crippen LogP contribution in [0.4, 0.5) is 24.5 Å². The van der Waals surface area contributed by atoms with Crippen molar-refractivity contribution in [2.75, 3.05) is 9.44 Å². The molecule has 30 heavy (non-hydrogen) atoms. The molecule has 0 saturated carbocycles. The Hall–Kier alpha value is -2.76. The van der Waals surface area contributed by atoms with Crippen molar-refractivity contribution in [1.29, 1.82) is 0 Å². The Labute approximate surface area is 175 Å². The molecular weight excluding hydrogens is 465 g/mol. The van der Waals surface area contributed by atoms with Crippen molar-refractivity contribution in [1.82, 2.24) is 0 Å². The molecule has 0 aliphatic carbocycles. The predicted molar refractivity (Wildman–Crippen MR) is 106 cm³/mol.